The van der Waals surface area contributed by atoms with Gasteiger partial charge in [-0.05, 0) is 54.3 Å². The molecule has 7 heteroatoms. The first-order valence-electron chi connectivity index (χ1n) is 10.9. The molecule has 33 heavy (non-hydrogen) atoms. The maximum absolute atomic E-state index is 13.7. The van der Waals surface area contributed by atoms with Gasteiger partial charge in [0.05, 0.1) is 11.1 Å². The largest absolute Gasteiger partial charge is 0.416 e. The summed E-state index contributed by atoms with van der Waals surface area (Å²) in [4.78, 5) is 12.1. The second-order valence-electron chi connectivity index (χ2n) is 8.26. The number of aryl methyl sites for hydroxylation is 1. The molecule has 3 aromatic carbocycles. The van der Waals surface area contributed by atoms with Crippen LogP contribution in [0, 0.1) is 5.82 Å². The van der Waals surface area contributed by atoms with Crippen molar-refractivity contribution in [2.75, 3.05) is 0 Å². The van der Waals surface area contributed by atoms with Gasteiger partial charge in [-0.1, -0.05) is 44.0 Å². The maximum atomic E-state index is 13.7. The van der Waals surface area contributed by atoms with E-state index in [0.29, 0.717) is 28.0 Å². The van der Waals surface area contributed by atoms with Gasteiger partial charge in [-0.25, -0.2) is 4.39 Å². The number of unbranched alkanes of at least 4 members (excludes halogenated alkanes) is 2. The molecule has 0 atom stereocenters. The van der Waals surface area contributed by atoms with E-state index in [1.165, 1.54) is 6.07 Å². The molecule has 4 aromatic rings. The zero-order chi connectivity index (χ0) is 23.8. The molecule has 0 radical (unpaired) electrons. The Labute approximate surface area is 188 Å². The highest BCUT2D eigenvalue weighted by molar-refractivity contribution is 6.18. The molecule has 0 aliphatic heterocycles. The number of hydrogen-bond donors (Lipinski definition) is 1. The maximum Gasteiger partial charge on any atom is 0.416 e. The van der Waals surface area contributed by atoms with E-state index in [-0.39, 0.29) is 12.1 Å². The van der Waals surface area contributed by atoms with Crippen LogP contribution >= 0.6 is 0 Å². The normalized spacial score (nSPS) is 12.0. The highest BCUT2D eigenvalue weighted by atomic mass is 19.4. The predicted molar refractivity (Wildman–Crippen MR) is 122 cm³/mol. The van der Waals surface area contributed by atoms with Gasteiger partial charge in [-0.3, -0.25) is 4.79 Å². The van der Waals surface area contributed by atoms with E-state index in [9.17, 15) is 22.4 Å². The molecule has 0 spiro atoms. The lowest BCUT2D eigenvalue weighted by molar-refractivity contribution is -0.138. The fourth-order valence-corrected chi connectivity index (χ4v) is 4.42. The van der Waals surface area contributed by atoms with Gasteiger partial charge >= 0.3 is 6.18 Å². The lowest BCUT2D eigenvalue weighted by Gasteiger charge is -2.15. The number of carbonyl (C=O) groups is 1. The molecule has 0 fully saturated rings. The van der Waals surface area contributed by atoms with Gasteiger partial charge in [0.15, 0.2) is 0 Å². The van der Waals surface area contributed by atoms with Crippen LogP contribution in [0.25, 0.3) is 21.8 Å². The van der Waals surface area contributed by atoms with E-state index >= 15 is 0 Å². The molecule has 0 saturated heterocycles. The molecule has 0 bridgehead atoms. The summed E-state index contributed by atoms with van der Waals surface area (Å²) in [6.07, 6.45) is -0.685. The van der Waals surface area contributed by atoms with Crippen molar-refractivity contribution >= 4 is 27.7 Å². The molecule has 0 unspecified atom stereocenters. The molecule has 4 rings (SSSR count). The molecule has 1 amide bonds. The quantitative estimate of drug-likeness (QED) is 0.240. The number of amides is 1. The van der Waals surface area contributed by atoms with E-state index < -0.39 is 23.5 Å². The zero-order valence-electron chi connectivity index (χ0n) is 18.2. The monoisotopic (exact) mass is 456 g/mol. The molecule has 2 N–H and O–H groups in total. The van der Waals surface area contributed by atoms with Crippen molar-refractivity contribution < 1.29 is 22.4 Å². The highest BCUT2D eigenvalue weighted by Gasteiger charge is 2.34. The Bertz CT molecular complexity index is 1340. The molecule has 172 valence electrons. The third kappa shape index (κ3) is 4.45. The van der Waals surface area contributed by atoms with E-state index in [0.717, 1.165) is 42.7 Å². The molecule has 1 heterocycles. The number of primary amides is 1. The fourth-order valence-electron chi connectivity index (χ4n) is 4.42. The van der Waals surface area contributed by atoms with Crippen molar-refractivity contribution in [1.29, 1.82) is 0 Å². The molecular weight excluding hydrogens is 432 g/mol. The average molecular weight is 456 g/mol. The number of aromatic nitrogens is 1. The number of hydrogen-bond acceptors (Lipinski definition) is 1. The van der Waals surface area contributed by atoms with Gasteiger partial charge in [-0.2, -0.15) is 13.2 Å². The van der Waals surface area contributed by atoms with Gasteiger partial charge in [-0.15, -0.1) is 0 Å². The number of alkyl halides is 3. The van der Waals surface area contributed by atoms with Gasteiger partial charge in [0.25, 0.3) is 0 Å². The molecule has 0 aliphatic rings. The Morgan fingerprint density at radius 1 is 1.00 bits per heavy atom. The molecule has 0 aliphatic carbocycles. The second-order valence-corrected chi connectivity index (χ2v) is 8.26. The minimum absolute atomic E-state index is 0.0523. The average Bonchev–Trinajstić information content (AvgIpc) is 3.07. The van der Waals surface area contributed by atoms with Crippen LogP contribution in [0.5, 0.6) is 0 Å². The third-order valence-corrected chi connectivity index (χ3v) is 6.00. The number of halogens is 4. The standard InChI is InChI=1S/C26H24F4N2O/c1-2-3-4-6-16-9-12-19-23(13-16)32(22-8-5-7-20(24(19)22)25(31)33)15-17-10-11-18(27)14-21(17)26(28,29)30/h5,7-14H,2-4,6,15H2,1H3,(H2,31,33). The number of carbonyl (C=O) groups excluding carboxylic acids is 1. The zero-order valence-corrected chi connectivity index (χ0v) is 18.2. The van der Waals surface area contributed by atoms with Gasteiger partial charge < -0.3 is 10.3 Å². The summed E-state index contributed by atoms with van der Waals surface area (Å²) in [5, 5.41) is 1.35. The summed E-state index contributed by atoms with van der Waals surface area (Å²) in [5.74, 6) is -1.55. The summed E-state index contributed by atoms with van der Waals surface area (Å²) in [6, 6.07) is 13.6. The van der Waals surface area contributed by atoms with Crippen LogP contribution in [0.4, 0.5) is 17.6 Å². The molecule has 1 aromatic heterocycles. The van der Waals surface area contributed by atoms with Crippen LogP contribution in [0.2, 0.25) is 0 Å². The Hall–Kier alpha value is -3.35. The Balaban J connectivity index is 1.95. The summed E-state index contributed by atoms with van der Waals surface area (Å²) in [5.41, 5.74) is 7.23. The van der Waals surface area contributed by atoms with Crippen LogP contribution in [-0.4, -0.2) is 10.5 Å². The van der Waals surface area contributed by atoms with E-state index in [1.54, 1.807) is 22.8 Å². The van der Waals surface area contributed by atoms with Gasteiger partial charge in [0.1, 0.15) is 5.82 Å². The first-order valence-corrected chi connectivity index (χ1v) is 10.9. The Morgan fingerprint density at radius 3 is 2.48 bits per heavy atom. The molecule has 0 saturated carbocycles. The molecular formula is C26H24F4N2O. The van der Waals surface area contributed by atoms with Crippen LogP contribution in [0.15, 0.2) is 54.6 Å². The smallest absolute Gasteiger partial charge is 0.366 e. The number of fused-ring (bicyclic) bond motifs is 3. The van der Waals surface area contributed by atoms with Gasteiger partial charge in [0.2, 0.25) is 5.91 Å². The summed E-state index contributed by atoms with van der Waals surface area (Å²) < 4.78 is 56.4. The number of rotatable bonds is 7. The number of benzene rings is 3. The summed E-state index contributed by atoms with van der Waals surface area (Å²) in [6.45, 7) is 1.99. The lowest BCUT2D eigenvalue weighted by atomic mass is 10.0. The van der Waals surface area contributed by atoms with E-state index in [4.69, 9.17) is 5.73 Å². The van der Waals surface area contributed by atoms with Crippen LogP contribution in [0.1, 0.15) is 53.2 Å². The van der Waals surface area contributed by atoms with Crippen molar-refractivity contribution in [2.24, 2.45) is 5.73 Å². The number of nitrogens with zero attached hydrogens (tertiary/aromatic N) is 1. The van der Waals surface area contributed by atoms with Crippen molar-refractivity contribution in [2.45, 2.75) is 45.3 Å². The Morgan fingerprint density at radius 2 is 1.79 bits per heavy atom. The first-order chi connectivity index (χ1) is 15.7. The molecule has 3 nitrogen and oxygen atoms in total. The third-order valence-electron chi connectivity index (χ3n) is 6.00. The number of nitrogens with two attached hydrogens (primary N) is 1. The SMILES string of the molecule is CCCCCc1ccc2c3c(C(N)=O)cccc3n(Cc3ccc(F)cc3C(F)(F)F)c2c1. The predicted octanol–water partition coefficient (Wildman–Crippen LogP) is 6.83. The first kappa shape index (κ1) is 22.8. The lowest BCUT2D eigenvalue weighted by Crippen LogP contribution is -2.13. The van der Waals surface area contributed by atoms with Crippen molar-refractivity contribution in [3.8, 4) is 0 Å². The van der Waals surface area contributed by atoms with Crippen molar-refractivity contribution in [3.05, 3.63) is 82.7 Å². The van der Waals surface area contributed by atoms with E-state index in [1.807, 2.05) is 18.2 Å². The van der Waals surface area contributed by atoms with Crippen LogP contribution in [-0.2, 0) is 19.1 Å². The Kier molecular flexibility index (Phi) is 6.15. The second kappa shape index (κ2) is 8.89. The summed E-state index contributed by atoms with van der Waals surface area (Å²) >= 11 is 0. The van der Waals surface area contributed by atoms with E-state index in [2.05, 4.69) is 6.92 Å². The van der Waals surface area contributed by atoms with Crippen molar-refractivity contribution in [1.82, 2.24) is 4.57 Å². The highest BCUT2D eigenvalue weighted by Crippen LogP contribution is 2.36. The van der Waals surface area contributed by atoms with Crippen LogP contribution < -0.4 is 5.73 Å². The minimum Gasteiger partial charge on any atom is -0.366 e. The summed E-state index contributed by atoms with van der Waals surface area (Å²) in [7, 11) is 0. The topological polar surface area (TPSA) is 48.0 Å². The van der Waals surface area contributed by atoms with Crippen LogP contribution in [0.3, 0.4) is 0 Å². The fraction of sp³-hybridized carbons (Fsp3) is 0.269. The van der Waals surface area contributed by atoms with Gasteiger partial charge in [0, 0.05) is 28.4 Å². The minimum atomic E-state index is -4.69. The van der Waals surface area contributed by atoms with Crippen molar-refractivity contribution in [3.63, 3.8) is 0 Å².